The standard InChI is InChI=1S/C22H28ClN5O.HI/c1-24-21(25-11-10-17-6-4-8-19(23)14-17)26-16-18-7-5-9-20(15-18)27-22(29)28-12-2-3-13-28;/h4-9,14-15H,2-3,10-13,16H2,1H3,(H,27,29)(H2,24,25,26);1H. The van der Waals surface area contributed by atoms with Crippen LogP contribution in [-0.2, 0) is 13.0 Å². The Morgan fingerprint density at radius 3 is 2.53 bits per heavy atom. The Labute approximate surface area is 200 Å². The van der Waals surface area contributed by atoms with E-state index in [1.54, 1.807) is 7.05 Å². The summed E-state index contributed by atoms with van der Waals surface area (Å²) in [4.78, 5) is 18.4. The van der Waals surface area contributed by atoms with Crippen LogP contribution in [-0.4, -0.2) is 43.6 Å². The highest BCUT2D eigenvalue weighted by Crippen LogP contribution is 2.14. The van der Waals surface area contributed by atoms with E-state index in [0.29, 0.717) is 6.54 Å². The summed E-state index contributed by atoms with van der Waals surface area (Å²) in [6, 6.07) is 15.7. The first-order valence-electron chi connectivity index (χ1n) is 9.98. The molecule has 0 spiro atoms. The fourth-order valence-electron chi connectivity index (χ4n) is 3.31. The van der Waals surface area contributed by atoms with Gasteiger partial charge in [-0.25, -0.2) is 4.79 Å². The van der Waals surface area contributed by atoms with Crippen LogP contribution < -0.4 is 16.0 Å². The van der Waals surface area contributed by atoms with E-state index in [1.807, 2.05) is 47.4 Å². The summed E-state index contributed by atoms with van der Waals surface area (Å²) >= 11 is 6.03. The highest BCUT2D eigenvalue weighted by atomic mass is 127. The summed E-state index contributed by atoms with van der Waals surface area (Å²) in [5.74, 6) is 0.735. The van der Waals surface area contributed by atoms with Crippen molar-refractivity contribution in [3.63, 3.8) is 0 Å². The molecule has 3 N–H and O–H groups in total. The quantitative estimate of drug-likeness (QED) is 0.287. The monoisotopic (exact) mass is 541 g/mol. The van der Waals surface area contributed by atoms with Crippen molar-refractivity contribution in [2.45, 2.75) is 25.8 Å². The summed E-state index contributed by atoms with van der Waals surface area (Å²) in [5.41, 5.74) is 3.06. The van der Waals surface area contributed by atoms with Crippen molar-refractivity contribution >= 4 is 53.3 Å². The molecule has 3 rings (SSSR count). The second kappa shape index (κ2) is 12.6. The lowest BCUT2D eigenvalue weighted by Gasteiger charge is -2.17. The fourth-order valence-corrected chi connectivity index (χ4v) is 3.52. The molecule has 0 atom stereocenters. The van der Waals surface area contributed by atoms with Gasteiger partial charge in [0.1, 0.15) is 0 Å². The largest absolute Gasteiger partial charge is 0.356 e. The van der Waals surface area contributed by atoms with Gasteiger partial charge in [0.15, 0.2) is 5.96 Å². The van der Waals surface area contributed by atoms with E-state index in [1.165, 1.54) is 5.56 Å². The smallest absolute Gasteiger partial charge is 0.321 e. The van der Waals surface area contributed by atoms with Crippen molar-refractivity contribution in [2.24, 2.45) is 4.99 Å². The van der Waals surface area contributed by atoms with E-state index in [4.69, 9.17) is 11.6 Å². The molecule has 1 saturated heterocycles. The van der Waals surface area contributed by atoms with E-state index >= 15 is 0 Å². The average Bonchev–Trinajstić information content (AvgIpc) is 3.26. The van der Waals surface area contributed by atoms with Gasteiger partial charge in [-0.15, -0.1) is 24.0 Å². The molecule has 0 aliphatic carbocycles. The molecule has 0 radical (unpaired) electrons. The predicted octanol–water partition coefficient (Wildman–Crippen LogP) is 4.49. The number of nitrogens with zero attached hydrogens (tertiary/aromatic N) is 2. The number of benzene rings is 2. The van der Waals surface area contributed by atoms with Gasteiger partial charge in [-0.05, 0) is 54.7 Å². The van der Waals surface area contributed by atoms with Gasteiger partial charge < -0.3 is 20.9 Å². The summed E-state index contributed by atoms with van der Waals surface area (Å²) in [6.45, 7) is 3.05. The van der Waals surface area contributed by atoms with Gasteiger partial charge in [-0.2, -0.15) is 0 Å². The van der Waals surface area contributed by atoms with Gasteiger partial charge in [0.2, 0.25) is 0 Å². The van der Waals surface area contributed by atoms with Crippen LogP contribution in [0.25, 0.3) is 0 Å². The number of halogens is 2. The number of aliphatic imine (C=N–C) groups is 1. The Morgan fingerprint density at radius 1 is 1.07 bits per heavy atom. The molecule has 0 aromatic heterocycles. The molecule has 2 amide bonds. The summed E-state index contributed by atoms with van der Waals surface area (Å²) in [7, 11) is 1.75. The number of hydrogen-bond acceptors (Lipinski definition) is 2. The van der Waals surface area contributed by atoms with Crippen molar-refractivity contribution in [1.29, 1.82) is 0 Å². The van der Waals surface area contributed by atoms with Gasteiger partial charge >= 0.3 is 6.03 Å². The van der Waals surface area contributed by atoms with Gasteiger partial charge in [0, 0.05) is 43.9 Å². The molecule has 1 aliphatic rings. The van der Waals surface area contributed by atoms with E-state index in [-0.39, 0.29) is 30.0 Å². The molecule has 162 valence electrons. The summed E-state index contributed by atoms with van der Waals surface area (Å²) in [5, 5.41) is 10.4. The second-order valence-corrected chi connectivity index (χ2v) is 7.49. The molecule has 8 heteroatoms. The minimum atomic E-state index is -0.0221. The topological polar surface area (TPSA) is 68.8 Å². The number of guanidine groups is 1. The first-order chi connectivity index (χ1) is 14.1. The van der Waals surface area contributed by atoms with E-state index in [2.05, 4.69) is 27.0 Å². The van der Waals surface area contributed by atoms with Crippen molar-refractivity contribution in [3.8, 4) is 0 Å². The molecular weight excluding hydrogens is 513 g/mol. The molecule has 0 bridgehead atoms. The normalized spacial score (nSPS) is 13.5. The lowest BCUT2D eigenvalue weighted by atomic mass is 10.1. The minimum Gasteiger partial charge on any atom is -0.356 e. The fraction of sp³-hybridized carbons (Fsp3) is 0.364. The van der Waals surface area contributed by atoms with Crippen LogP contribution >= 0.6 is 35.6 Å². The Kier molecular flexibility index (Phi) is 10.2. The summed E-state index contributed by atoms with van der Waals surface area (Å²) < 4.78 is 0. The zero-order chi connectivity index (χ0) is 20.5. The SMILES string of the molecule is CN=C(NCCc1cccc(Cl)c1)NCc1cccc(NC(=O)N2CCCC2)c1.I. The van der Waals surface area contributed by atoms with Gasteiger partial charge in [-0.3, -0.25) is 4.99 Å². The van der Waals surface area contributed by atoms with Crippen molar-refractivity contribution < 1.29 is 4.79 Å². The number of carbonyl (C=O) groups is 1. The lowest BCUT2D eigenvalue weighted by molar-refractivity contribution is 0.222. The summed E-state index contributed by atoms with van der Waals surface area (Å²) in [6.07, 6.45) is 3.03. The molecule has 0 unspecified atom stereocenters. The number of rotatable bonds is 6. The van der Waals surface area contributed by atoms with Crippen molar-refractivity contribution in [3.05, 3.63) is 64.7 Å². The van der Waals surface area contributed by atoms with Crippen LogP contribution in [0.1, 0.15) is 24.0 Å². The predicted molar refractivity (Wildman–Crippen MR) is 135 cm³/mol. The third-order valence-corrected chi connectivity index (χ3v) is 5.09. The Balaban J connectivity index is 0.00000320. The van der Waals surface area contributed by atoms with E-state index < -0.39 is 0 Å². The number of carbonyl (C=O) groups excluding carboxylic acids is 1. The van der Waals surface area contributed by atoms with Crippen LogP contribution in [0.3, 0.4) is 0 Å². The molecule has 1 fully saturated rings. The number of anilines is 1. The molecule has 2 aromatic carbocycles. The first-order valence-corrected chi connectivity index (χ1v) is 10.4. The van der Waals surface area contributed by atoms with Crippen LogP contribution in [0.2, 0.25) is 5.02 Å². The molecule has 1 heterocycles. The zero-order valence-electron chi connectivity index (χ0n) is 17.2. The third kappa shape index (κ3) is 7.68. The molecule has 30 heavy (non-hydrogen) atoms. The molecular formula is C22H29ClIN5O. The van der Waals surface area contributed by atoms with Crippen LogP contribution in [0, 0.1) is 0 Å². The molecule has 0 saturated carbocycles. The lowest BCUT2D eigenvalue weighted by Crippen LogP contribution is -2.37. The van der Waals surface area contributed by atoms with E-state index in [9.17, 15) is 4.79 Å². The first kappa shape index (κ1) is 24.3. The number of hydrogen-bond donors (Lipinski definition) is 3. The van der Waals surface area contributed by atoms with Crippen LogP contribution in [0.5, 0.6) is 0 Å². The average molecular weight is 542 g/mol. The maximum atomic E-state index is 12.3. The van der Waals surface area contributed by atoms with Crippen LogP contribution in [0.4, 0.5) is 10.5 Å². The molecule has 2 aromatic rings. The molecule has 6 nitrogen and oxygen atoms in total. The third-order valence-electron chi connectivity index (χ3n) is 4.85. The van der Waals surface area contributed by atoms with Gasteiger partial charge in [-0.1, -0.05) is 35.9 Å². The maximum absolute atomic E-state index is 12.3. The Morgan fingerprint density at radius 2 is 1.80 bits per heavy atom. The van der Waals surface area contributed by atoms with Gasteiger partial charge in [0.05, 0.1) is 0 Å². The second-order valence-electron chi connectivity index (χ2n) is 7.06. The Hall–Kier alpha value is -2.00. The highest BCUT2D eigenvalue weighted by Gasteiger charge is 2.17. The zero-order valence-corrected chi connectivity index (χ0v) is 20.2. The van der Waals surface area contributed by atoms with Crippen molar-refractivity contribution in [1.82, 2.24) is 15.5 Å². The number of urea groups is 1. The van der Waals surface area contributed by atoms with Gasteiger partial charge in [0.25, 0.3) is 0 Å². The Bertz CT molecular complexity index is 855. The number of likely N-dealkylation sites (tertiary alicyclic amines) is 1. The number of nitrogens with one attached hydrogen (secondary N) is 3. The van der Waals surface area contributed by atoms with Crippen molar-refractivity contribution in [2.75, 3.05) is 32.0 Å². The van der Waals surface area contributed by atoms with Crippen LogP contribution in [0.15, 0.2) is 53.5 Å². The molecule has 1 aliphatic heterocycles. The minimum absolute atomic E-state index is 0. The van der Waals surface area contributed by atoms with E-state index in [0.717, 1.165) is 61.1 Å². The highest BCUT2D eigenvalue weighted by molar-refractivity contribution is 14.0. The maximum Gasteiger partial charge on any atom is 0.321 e. The number of amides is 2.